The summed E-state index contributed by atoms with van der Waals surface area (Å²) in [5.74, 6) is 0.992. The standard InChI is InChI=1S/C10H15NO/c1-10(2)5-3-7-4-6-12-8(7)9(10)11/h4,6,9H,3,5,11H2,1-2H3. The Bertz CT molecular complexity index is 288. The van der Waals surface area contributed by atoms with Crippen molar-refractivity contribution in [2.24, 2.45) is 11.1 Å². The Labute approximate surface area is 72.7 Å². The summed E-state index contributed by atoms with van der Waals surface area (Å²) in [7, 11) is 0. The highest BCUT2D eigenvalue weighted by atomic mass is 16.3. The predicted molar refractivity (Wildman–Crippen MR) is 47.7 cm³/mol. The molecule has 1 aromatic rings. The van der Waals surface area contributed by atoms with E-state index in [1.807, 2.05) is 6.07 Å². The Morgan fingerprint density at radius 1 is 1.58 bits per heavy atom. The molecule has 0 aromatic carbocycles. The molecule has 0 aliphatic heterocycles. The van der Waals surface area contributed by atoms with E-state index in [4.69, 9.17) is 10.2 Å². The molecule has 0 fully saturated rings. The summed E-state index contributed by atoms with van der Waals surface area (Å²) in [6, 6.07) is 2.10. The van der Waals surface area contributed by atoms with Crippen molar-refractivity contribution < 1.29 is 4.42 Å². The number of nitrogens with two attached hydrogens (primary N) is 1. The largest absolute Gasteiger partial charge is 0.467 e. The van der Waals surface area contributed by atoms with E-state index in [0.717, 1.165) is 18.6 Å². The molecule has 0 amide bonds. The van der Waals surface area contributed by atoms with E-state index in [0.29, 0.717) is 0 Å². The van der Waals surface area contributed by atoms with Crippen molar-refractivity contribution in [2.75, 3.05) is 0 Å². The average Bonchev–Trinajstić information content (AvgIpc) is 2.45. The zero-order chi connectivity index (χ0) is 8.77. The minimum absolute atomic E-state index is 0.0660. The van der Waals surface area contributed by atoms with E-state index in [1.165, 1.54) is 5.56 Å². The van der Waals surface area contributed by atoms with E-state index in [2.05, 4.69) is 13.8 Å². The minimum atomic E-state index is 0.0660. The average molecular weight is 165 g/mol. The normalized spacial score (nSPS) is 26.8. The molecule has 2 N–H and O–H groups in total. The van der Waals surface area contributed by atoms with Gasteiger partial charge in [-0.3, -0.25) is 0 Å². The first kappa shape index (κ1) is 7.87. The number of aryl methyl sites for hydroxylation is 1. The van der Waals surface area contributed by atoms with Crippen LogP contribution in [0.3, 0.4) is 0 Å². The Hall–Kier alpha value is -0.760. The van der Waals surface area contributed by atoms with Gasteiger partial charge >= 0.3 is 0 Å². The van der Waals surface area contributed by atoms with Crippen molar-refractivity contribution in [2.45, 2.75) is 32.7 Å². The molecule has 1 atom stereocenters. The molecule has 0 saturated heterocycles. The topological polar surface area (TPSA) is 39.2 Å². The molecule has 0 bridgehead atoms. The van der Waals surface area contributed by atoms with Crippen molar-refractivity contribution in [3.63, 3.8) is 0 Å². The van der Waals surface area contributed by atoms with Crippen LogP contribution >= 0.6 is 0 Å². The fourth-order valence-corrected chi connectivity index (χ4v) is 1.79. The lowest BCUT2D eigenvalue weighted by Gasteiger charge is -2.34. The van der Waals surface area contributed by atoms with Crippen molar-refractivity contribution in [1.29, 1.82) is 0 Å². The van der Waals surface area contributed by atoms with Crippen LogP contribution in [-0.2, 0) is 6.42 Å². The molecule has 1 heterocycles. The summed E-state index contributed by atoms with van der Waals surface area (Å²) in [5.41, 5.74) is 7.55. The first-order chi connectivity index (χ1) is 5.61. The van der Waals surface area contributed by atoms with Crippen LogP contribution in [0.4, 0.5) is 0 Å². The number of hydrogen-bond donors (Lipinski definition) is 1. The molecule has 1 aliphatic rings. The monoisotopic (exact) mass is 165 g/mol. The van der Waals surface area contributed by atoms with Gasteiger partial charge in [0.15, 0.2) is 0 Å². The van der Waals surface area contributed by atoms with Crippen LogP contribution < -0.4 is 5.73 Å². The van der Waals surface area contributed by atoms with Gasteiger partial charge in [0, 0.05) is 0 Å². The smallest absolute Gasteiger partial charge is 0.124 e. The summed E-state index contributed by atoms with van der Waals surface area (Å²) >= 11 is 0. The van der Waals surface area contributed by atoms with Crippen LogP contribution in [0, 0.1) is 5.41 Å². The zero-order valence-electron chi connectivity index (χ0n) is 7.63. The molecular weight excluding hydrogens is 150 g/mol. The van der Waals surface area contributed by atoms with Crippen molar-refractivity contribution >= 4 is 0 Å². The Morgan fingerprint density at radius 3 is 3.08 bits per heavy atom. The minimum Gasteiger partial charge on any atom is -0.467 e. The second-order valence-corrected chi connectivity index (χ2v) is 4.28. The number of furan rings is 1. The van der Waals surface area contributed by atoms with Gasteiger partial charge in [-0.2, -0.15) is 0 Å². The van der Waals surface area contributed by atoms with Gasteiger partial charge in [-0.05, 0) is 29.9 Å². The van der Waals surface area contributed by atoms with Crippen LogP contribution in [0.1, 0.15) is 37.6 Å². The molecular formula is C10H15NO. The molecule has 2 rings (SSSR count). The predicted octanol–water partition coefficient (Wildman–Crippen LogP) is 2.25. The molecule has 0 radical (unpaired) electrons. The van der Waals surface area contributed by atoms with Crippen molar-refractivity contribution in [3.8, 4) is 0 Å². The maximum absolute atomic E-state index is 6.07. The maximum atomic E-state index is 6.07. The van der Waals surface area contributed by atoms with Crippen LogP contribution in [0.25, 0.3) is 0 Å². The molecule has 2 heteroatoms. The number of hydrogen-bond acceptors (Lipinski definition) is 2. The van der Waals surface area contributed by atoms with Gasteiger partial charge in [0.25, 0.3) is 0 Å². The highest BCUT2D eigenvalue weighted by Gasteiger charge is 2.35. The van der Waals surface area contributed by atoms with Crippen LogP contribution in [0.5, 0.6) is 0 Å². The van der Waals surface area contributed by atoms with Gasteiger partial charge in [0.2, 0.25) is 0 Å². The summed E-state index contributed by atoms with van der Waals surface area (Å²) < 4.78 is 5.38. The third-order valence-corrected chi connectivity index (χ3v) is 2.94. The lowest BCUT2D eigenvalue weighted by atomic mass is 9.74. The molecule has 0 spiro atoms. The Kier molecular flexibility index (Phi) is 1.55. The van der Waals surface area contributed by atoms with E-state index in [-0.39, 0.29) is 11.5 Å². The fourth-order valence-electron chi connectivity index (χ4n) is 1.79. The first-order valence-corrected chi connectivity index (χ1v) is 4.43. The highest BCUT2D eigenvalue weighted by molar-refractivity contribution is 5.25. The van der Waals surface area contributed by atoms with E-state index in [9.17, 15) is 0 Å². The van der Waals surface area contributed by atoms with Gasteiger partial charge in [-0.1, -0.05) is 13.8 Å². The lowest BCUT2D eigenvalue weighted by molar-refractivity contribution is 0.218. The third kappa shape index (κ3) is 0.985. The quantitative estimate of drug-likeness (QED) is 0.640. The molecule has 1 aromatic heterocycles. The SMILES string of the molecule is CC1(C)CCc2ccoc2C1N. The lowest BCUT2D eigenvalue weighted by Crippen LogP contribution is -2.33. The first-order valence-electron chi connectivity index (χ1n) is 4.43. The van der Waals surface area contributed by atoms with E-state index < -0.39 is 0 Å². The zero-order valence-corrected chi connectivity index (χ0v) is 7.63. The summed E-state index contributed by atoms with van der Waals surface area (Å²) in [5, 5.41) is 0. The Morgan fingerprint density at radius 2 is 2.33 bits per heavy atom. The maximum Gasteiger partial charge on any atom is 0.124 e. The highest BCUT2D eigenvalue weighted by Crippen LogP contribution is 2.41. The molecule has 12 heavy (non-hydrogen) atoms. The number of rotatable bonds is 0. The van der Waals surface area contributed by atoms with Gasteiger partial charge in [0.05, 0.1) is 12.3 Å². The van der Waals surface area contributed by atoms with Crippen LogP contribution in [0.15, 0.2) is 16.7 Å². The van der Waals surface area contributed by atoms with Gasteiger partial charge in [0.1, 0.15) is 5.76 Å². The molecule has 1 aliphatic carbocycles. The van der Waals surface area contributed by atoms with Crippen molar-refractivity contribution in [1.82, 2.24) is 0 Å². The summed E-state index contributed by atoms with van der Waals surface area (Å²) in [6.45, 7) is 4.40. The molecule has 0 saturated carbocycles. The Balaban J connectivity index is 2.42. The van der Waals surface area contributed by atoms with Gasteiger partial charge < -0.3 is 10.2 Å². The van der Waals surface area contributed by atoms with Crippen LogP contribution in [-0.4, -0.2) is 0 Å². The fraction of sp³-hybridized carbons (Fsp3) is 0.600. The molecule has 1 unspecified atom stereocenters. The second kappa shape index (κ2) is 2.36. The molecule has 2 nitrogen and oxygen atoms in total. The second-order valence-electron chi connectivity index (χ2n) is 4.28. The van der Waals surface area contributed by atoms with Gasteiger partial charge in [-0.15, -0.1) is 0 Å². The van der Waals surface area contributed by atoms with Gasteiger partial charge in [-0.25, -0.2) is 0 Å². The van der Waals surface area contributed by atoms with E-state index in [1.54, 1.807) is 6.26 Å². The number of fused-ring (bicyclic) bond motifs is 1. The van der Waals surface area contributed by atoms with Crippen molar-refractivity contribution in [3.05, 3.63) is 23.7 Å². The summed E-state index contributed by atoms with van der Waals surface area (Å²) in [4.78, 5) is 0. The van der Waals surface area contributed by atoms with E-state index >= 15 is 0 Å². The molecule has 66 valence electrons. The third-order valence-electron chi connectivity index (χ3n) is 2.94. The summed E-state index contributed by atoms with van der Waals surface area (Å²) in [6.07, 6.45) is 4.00. The van der Waals surface area contributed by atoms with Crippen LogP contribution in [0.2, 0.25) is 0 Å².